The summed E-state index contributed by atoms with van der Waals surface area (Å²) in [6, 6.07) is 8.56. The molecule has 0 spiro atoms. The summed E-state index contributed by atoms with van der Waals surface area (Å²) in [4.78, 5) is 9.86. The van der Waals surface area contributed by atoms with Gasteiger partial charge in [-0.2, -0.15) is 0 Å². The van der Waals surface area contributed by atoms with Gasteiger partial charge < -0.3 is 20.6 Å². The smallest absolute Gasteiger partial charge is 0.0907 e. The van der Waals surface area contributed by atoms with Gasteiger partial charge >= 0.3 is 0 Å². The average Bonchev–Trinajstić information content (AvgIpc) is 3.36. The van der Waals surface area contributed by atoms with Crippen LogP contribution in [0.5, 0.6) is 0 Å². The third-order valence-corrected chi connectivity index (χ3v) is 7.14. The minimum atomic E-state index is -0.170. The second-order valence-electron chi connectivity index (χ2n) is 9.21. The van der Waals surface area contributed by atoms with Crippen molar-refractivity contribution in [2.45, 2.75) is 45.4 Å². The molecule has 0 saturated carbocycles. The van der Waals surface area contributed by atoms with Gasteiger partial charge in [0.15, 0.2) is 0 Å². The highest BCUT2D eigenvalue weighted by atomic mass is 15.2. The Kier molecular flexibility index (Phi) is 6.73. The molecule has 1 atom stereocenters. The fraction of sp³-hybridized carbons (Fsp3) is 0.310. The number of piperidine rings is 1. The second kappa shape index (κ2) is 9.72. The van der Waals surface area contributed by atoms with Crippen molar-refractivity contribution in [1.82, 2.24) is 9.88 Å². The van der Waals surface area contributed by atoms with Crippen molar-refractivity contribution < 1.29 is 0 Å². The minimum Gasteiger partial charge on any atom is -0.364 e. The molecule has 3 N–H and O–H groups in total. The van der Waals surface area contributed by atoms with E-state index in [2.05, 4.69) is 90.5 Å². The first-order valence-corrected chi connectivity index (χ1v) is 12.1. The van der Waals surface area contributed by atoms with Crippen molar-refractivity contribution in [2.24, 2.45) is 4.99 Å². The maximum absolute atomic E-state index is 8.85. The molecule has 3 heterocycles. The lowest BCUT2D eigenvalue weighted by molar-refractivity contribution is 0.465. The topological polar surface area (TPSA) is 67.3 Å². The van der Waals surface area contributed by atoms with E-state index < -0.39 is 0 Å². The number of nitrogens with one attached hydrogen (secondary N) is 3. The molecule has 2 aromatic rings. The maximum atomic E-state index is 8.85. The zero-order valence-electron chi connectivity index (χ0n) is 20.5. The van der Waals surface area contributed by atoms with Gasteiger partial charge in [0.2, 0.25) is 0 Å². The second-order valence-corrected chi connectivity index (χ2v) is 9.21. The number of hydrogen-bond donors (Lipinski definition) is 3. The summed E-state index contributed by atoms with van der Waals surface area (Å²) < 4.78 is 0. The molecule has 0 amide bonds. The van der Waals surface area contributed by atoms with Crippen LogP contribution in [0.3, 0.4) is 0 Å². The number of H-pyrrole nitrogens is 1. The van der Waals surface area contributed by atoms with Gasteiger partial charge in [-0.15, -0.1) is 0 Å². The first kappa shape index (κ1) is 23.6. The van der Waals surface area contributed by atoms with Gasteiger partial charge in [0.25, 0.3) is 0 Å². The first-order chi connectivity index (χ1) is 16.4. The number of aromatic amines is 1. The zero-order chi connectivity index (χ0) is 24.3. The highest BCUT2D eigenvalue weighted by molar-refractivity contribution is 6.04. The highest BCUT2D eigenvalue weighted by Gasteiger charge is 2.30. The van der Waals surface area contributed by atoms with E-state index >= 15 is 0 Å². The van der Waals surface area contributed by atoms with E-state index in [1.54, 1.807) is 6.20 Å². The molecule has 5 nitrogen and oxygen atoms in total. The van der Waals surface area contributed by atoms with Gasteiger partial charge in [0.05, 0.1) is 12.0 Å². The molecule has 176 valence electrons. The molecular formula is C29H35N5. The largest absolute Gasteiger partial charge is 0.364 e. The maximum Gasteiger partial charge on any atom is 0.0907 e. The lowest BCUT2D eigenvalue weighted by Gasteiger charge is -2.32. The summed E-state index contributed by atoms with van der Waals surface area (Å²) in [5.74, 6) is 0. The Balaban J connectivity index is 1.98. The number of fused-ring (bicyclic) bond motifs is 2. The van der Waals surface area contributed by atoms with Crippen molar-refractivity contribution in [3.8, 4) is 0 Å². The number of hydrogen-bond acceptors (Lipinski definition) is 3. The van der Waals surface area contributed by atoms with E-state index in [-0.39, 0.29) is 5.41 Å². The number of benzene rings is 1. The van der Waals surface area contributed by atoms with Crippen molar-refractivity contribution in [1.29, 1.82) is 5.41 Å². The molecule has 1 aromatic heterocycles. The molecule has 2 aliphatic rings. The fourth-order valence-corrected chi connectivity index (χ4v) is 4.80. The van der Waals surface area contributed by atoms with Crippen LogP contribution in [0.4, 0.5) is 5.69 Å². The highest BCUT2D eigenvalue weighted by Crippen LogP contribution is 2.40. The van der Waals surface area contributed by atoms with Crippen molar-refractivity contribution in [3.63, 3.8) is 0 Å². The Morgan fingerprint density at radius 2 is 2.09 bits per heavy atom. The number of aliphatic imine (C=N–C) groups is 1. The van der Waals surface area contributed by atoms with Crippen LogP contribution in [0.1, 0.15) is 56.0 Å². The molecule has 1 saturated heterocycles. The summed E-state index contributed by atoms with van der Waals surface area (Å²) in [6.07, 6.45) is 12.4. The Hall–Kier alpha value is -3.60. The SMILES string of the molecule is C=C/N=C/N1CCC(=N)/C(=C2\Nc3c(cccc3CC)/C=C/C(C)(CC)c3[nH]ccc3C2=C)C1. The number of para-hydroxylation sites is 1. The van der Waals surface area contributed by atoms with E-state index in [1.165, 1.54) is 5.56 Å². The molecule has 5 heteroatoms. The summed E-state index contributed by atoms with van der Waals surface area (Å²) in [7, 11) is 0. The Morgan fingerprint density at radius 3 is 2.82 bits per heavy atom. The van der Waals surface area contributed by atoms with Crippen LogP contribution in [0.25, 0.3) is 11.6 Å². The molecule has 1 fully saturated rings. The number of aryl methyl sites for hydroxylation is 1. The standard InChI is InChI=1S/C29H35N5/c1-6-21-10-9-11-22-12-15-29(5,7-2)28-23(13-16-32-28)20(4)26(33-27(21)22)24-18-34(19-31-8-3)17-14-25(24)30/h8-13,15-16,19,30,32-33H,3-4,6-7,14,17-18H2,1-2,5H3/b15-12+,26-24-,30-25?,31-19+. The average molecular weight is 454 g/mol. The Labute approximate surface area is 203 Å². The van der Waals surface area contributed by atoms with Crippen molar-refractivity contribution in [2.75, 3.05) is 18.4 Å². The molecule has 4 rings (SSSR count). The summed E-state index contributed by atoms with van der Waals surface area (Å²) in [6.45, 7) is 16.3. The molecule has 1 aromatic carbocycles. The van der Waals surface area contributed by atoms with Gasteiger partial charge in [-0.1, -0.05) is 64.3 Å². The predicted octanol–water partition coefficient (Wildman–Crippen LogP) is 6.55. The number of rotatable bonds is 4. The zero-order valence-corrected chi connectivity index (χ0v) is 20.5. The summed E-state index contributed by atoms with van der Waals surface area (Å²) >= 11 is 0. The van der Waals surface area contributed by atoms with E-state index in [9.17, 15) is 0 Å². The van der Waals surface area contributed by atoms with E-state index in [4.69, 9.17) is 5.41 Å². The van der Waals surface area contributed by atoms with E-state index in [0.29, 0.717) is 18.7 Å². The Morgan fingerprint density at radius 1 is 1.26 bits per heavy atom. The Bertz CT molecular complexity index is 1210. The number of nitrogens with zero attached hydrogens (tertiary/aromatic N) is 2. The number of anilines is 1. The molecule has 0 aliphatic carbocycles. The molecular weight excluding hydrogens is 418 g/mol. The lowest BCUT2D eigenvalue weighted by atomic mass is 9.79. The molecule has 34 heavy (non-hydrogen) atoms. The van der Waals surface area contributed by atoms with Crippen LogP contribution in [0.15, 0.2) is 72.2 Å². The third-order valence-electron chi connectivity index (χ3n) is 7.14. The molecule has 2 aliphatic heterocycles. The minimum absolute atomic E-state index is 0.170. The van der Waals surface area contributed by atoms with Gasteiger partial charge in [0.1, 0.15) is 0 Å². The first-order valence-electron chi connectivity index (χ1n) is 12.1. The van der Waals surface area contributed by atoms with Crippen LogP contribution < -0.4 is 5.32 Å². The van der Waals surface area contributed by atoms with Crippen LogP contribution in [-0.4, -0.2) is 35.0 Å². The number of allylic oxidation sites excluding steroid dienone is 2. The van der Waals surface area contributed by atoms with Crippen LogP contribution in [-0.2, 0) is 11.8 Å². The quantitative estimate of drug-likeness (QED) is 0.363. The molecule has 1 unspecified atom stereocenters. The lowest BCUT2D eigenvalue weighted by Crippen LogP contribution is -2.36. The van der Waals surface area contributed by atoms with Gasteiger partial charge in [-0.05, 0) is 30.0 Å². The monoisotopic (exact) mass is 453 g/mol. The van der Waals surface area contributed by atoms with Gasteiger partial charge in [-0.3, -0.25) is 0 Å². The molecule has 0 bridgehead atoms. The van der Waals surface area contributed by atoms with Crippen LogP contribution in [0, 0.1) is 5.41 Å². The van der Waals surface area contributed by atoms with Crippen molar-refractivity contribution in [3.05, 3.63) is 89.6 Å². The fourth-order valence-electron chi connectivity index (χ4n) is 4.80. The molecule has 0 radical (unpaired) electrons. The van der Waals surface area contributed by atoms with E-state index in [0.717, 1.165) is 58.7 Å². The van der Waals surface area contributed by atoms with E-state index in [1.807, 2.05) is 12.5 Å². The summed E-state index contributed by atoms with van der Waals surface area (Å²) in [5.41, 5.74) is 8.97. The summed E-state index contributed by atoms with van der Waals surface area (Å²) in [5, 5.41) is 12.6. The third kappa shape index (κ3) is 4.30. The van der Waals surface area contributed by atoms with Gasteiger partial charge in [0, 0.05) is 71.1 Å². The van der Waals surface area contributed by atoms with Crippen LogP contribution >= 0.6 is 0 Å². The van der Waals surface area contributed by atoms with Crippen LogP contribution in [0.2, 0.25) is 0 Å². The van der Waals surface area contributed by atoms with Gasteiger partial charge in [-0.25, -0.2) is 4.99 Å². The number of likely N-dealkylation sites (tertiary alicyclic amines) is 1. The normalized spacial score (nSPS) is 23.9. The number of aromatic nitrogens is 1. The predicted molar refractivity (Wildman–Crippen MR) is 146 cm³/mol. The van der Waals surface area contributed by atoms with Crippen molar-refractivity contribution >= 4 is 29.4 Å².